The van der Waals surface area contributed by atoms with Gasteiger partial charge in [-0.2, -0.15) is 0 Å². The summed E-state index contributed by atoms with van der Waals surface area (Å²) in [6, 6.07) is -0.407. The van der Waals surface area contributed by atoms with Gasteiger partial charge in [-0.05, 0) is 13.8 Å². The van der Waals surface area contributed by atoms with Crippen LogP contribution in [0.2, 0.25) is 0 Å². The third kappa shape index (κ3) is 4.14. The average molecular weight is 146 g/mol. The van der Waals surface area contributed by atoms with Gasteiger partial charge < -0.3 is 15.7 Å². The number of hydrogen-bond acceptors (Lipinski definition) is 2. The first-order chi connectivity index (χ1) is 4.70. The molecule has 0 saturated heterocycles. The zero-order valence-corrected chi connectivity index (χ0v) is 6.35. The number of aliphatic hydroxyl groups excluding tert-OH is 1. The number of rotatable bonds is 3. The zero-order valence-electron chi connectivity index (χ0n) is 6.35. The lowest BCUT2D eigenvalue weighted by Crippen LogP contribution is -2.42. The summed E-state index contributed by atoms with van der Waals surface area (Å²) in [7, 11) is 0. The molecule has 0 aromatic carbocycles. The molecule has 0 aliphatic heterocycles. The van der Waals surface area contributed by atoms with Crippen LogP contribution in [0, 0.1) is 0 Å². The van der Waals surface area contributed by atoms with E-state index in [1.54, 1.807) is 6.92 Å². The van der Waals surface area contributed by atoms with Crippen molar-refractivity contribution in [2.24, 2.45) is 0 Å². The van der Waals surface area contributed by atoms with E-state index >= 15 is 0 Å². The van der Waals surface area contributed by atoms with Crippen molar-refractivity contribution >= 4 is 6.03 Å². The van der Waals surface area contributed by atoms with Gasteiger partial charge in [0.15, 0.2) is 0 Å². The molecule has 0 spiro atoms. The van der Waals surface area contributed by atoms with E-state index in [0.717, 1.165) is 0 Å². The predicted molar refractivity (Wildman–Crippen MR) is 38.8 cm³/mol. The second kappa shape index (κ2) is 5.05. The molecule has 4 heteroatoms. The van der Waals surface area contributed by atoms with Gasteiger partial charge >= 0.3 is 6.03 Å². The summed E-state index contributed by atoms with van der Waals surface area (Å²) in [5.74, 6) is 0. The van der Waals surface area contributed by atoms with Crippen molar-refractivity contribution in [3.63, 3.8) is 0 Å². The SMILES string of the molecule is CCNC(=O)NC(C)CO. The van der Waals surface area contributed by atoms with Crippen molar-refractivity contribution in [1.29, 1.82) is 0 Å². The minimum absolute atomic E-state index is 0.0306. The molecule has 0 fully saturated rings. The van der Waals surface area contributed by atoms with Crippen LogP contribution in [0.1, 0.15) is 13.8 Å². The van der Waals surface area contributed by atoms with Gasteiger partial charge in [0.1, 0.15) is 0 Å². The van der Waals surface area contributed by atoms with Crippen molar-refractivity contribution < 1.29 is 9.90 Å². The average Bonchev–Trinajstić information content (AvgIpc) is 1.88. The molecule has 4 nitrogen and oxygen atoms in total. The number of nitrogens with one attached hydrogen (secondary N) is 2. The first-order valence-corrected chi connectivity index (χ1v) is 3.36. The van der Waals surface area contributed by atoms with E-state index in [-0.39, 0.29) is 18.7 Å². The molecule has 3 N–H and O–H groups in total. The molecular formula is C6H14N2O2. The molecular weight excluding hydrogens is 132 g/mol. The van der Waals surface area contributed by atoms with Gasteiger partial charge in [-0.1, -0.05) is 0 Å². The van der Waals surface area contributed by atoms with Crippen LogP contribution in [-0.2, 0) is 0 Å². The van der Waals surface area contributed by atoms with Gasteiger partial charge in [-0.3, -0.25) is 0 Å². The van der Waals surface area contributed by atoms with Crippen LogP contribution in [-0.4, -0.2) is 30.3 Å². The molecule has 60 valence electrons. The highest BCUT2D eigenvalue weighted by Crippen LogP contribution is 1.76. The molecule has 0 aliphatic rings. The number of amides is 2. The maximum atomic E-state index is 10.7. The van der Waals surface area contributed by atoms with E-state index in [4.69, 9.17) is 5.11 Å². The second-order valence-corrected chi connectivity index (χ2v) is 2.09. The summed E-state index contributed by atoms with van der Waals surface area (Å²) in [6.45, 7) is 4.14. The molecule has 0 aromatic rings. The number of carbonyl (C=O) groups excluding carboxylic acids is 1. The molecule has 0 aromatic heterocycles. The van der Waals surface area contributed by atoms with E-state index < -0.39 is 0 Å². The number of urea groups is 1. The molecule has 0 aliphatic carbocycles. The summed E-state index contributed by atoms with van der Waals surface area (Å²) >= 11 is 0. The fraction of sp³-hybridized carbons (Fsp3) is 0.833. The molecule has 0 rings (SSSR count). The lowest BCUT2D eigenvalue weighted by molar-refractivity contribution is 0.221. The van der Waals surface area contributed by atoms with Gasteiger partial charge in [-0.25, -0.2) is 4.79 Å². The van der Waals surface area contributed by atoms with Crippen LogP contribution >= 0.6 is 0 Å². The zero-order chi connectivity index (χ0) is 7.98. The Kier molecular flexibility index (Phi) is 4.66. The van der Waals surface area contributed by atoms with Crippen LogP contribution in [0.3, 0.4) is 0 Å². The molecule has 1 unspecified atom stereocenters. The molecule has 0 saturated carbocycles. The first kappa shape index (κ1) is 9.23. The summed E-state index contributed by atoms with van der Waals surface area (Å²) < 4.78 is 0. The topological polar surface area (TPSA) is 61.4 Å². The summed E-state index contributed by atoms with van der Waals surface area (Å²) in [5, 5.41) is 13.6. The fourth-order valence-electron chi connectivity index (χ4n) is 0.481. The van der Waals surface area contributed by atoms with Gasteiger partial charge in [0.25, 0.3) is 0 Å². The Balaban J connectivity index is 3.37. The lowest BCUT2D eigenvalue weighted by Gasteiger charge is -2.10. The second-order valence-electron chi connectivity index (χ2n) is 2.09. The Hall–Kier alpha value is -0.770. The largest absolute Gasteiger partial charge is 0.394 e. The minimum atomic E-state index is -0.232. The predicted octanol–water partition coefficient (Wildman–Crippen LogP) is -0.314. The number of hydrogen-bond donors (Lipinski definition) is 3. The first-order valence-electron chi connectivity index (χ1n) is 3.36. The highest BCUT2D eigenvalue weighted by Gasteiger charge is 2.02. The Bertz CT molecular complexity index is 106. The quantitative estimate of drug-likeness (QED) is 0.511. The van der Waals surface area contributed by atoms with E-state index in [1.807, 2.05) is 6.92 Å². The van der Waals surface area contributed by atoms with Crippen LogP contribution in [0.15, 0.2) is 0 Å². The molecule has 1 atom stereocenters. The number of carbonyl (C=O) groups is 1. The Morgan fingerprint density at radius 3 is 2.70 bits per heavy atom. The van der Waals surface area contributed by atoms with E-state index in [1.165, 1.54) is 0 Å². The van der Waals surface area contributed by atoms with Gasteiger partial charge in [0, 0.05) is 6.54 Å². The van der Waals surface area contributed by atoms with Crippen molar-refractivity contribution in [1.82, 2.24) is 10.6 Å². The van der Waals surface area contributed by atoms with Crippen LogP contribution in [0.25, 0.3) is 0 Å². The Morgan fingerprint density at radius 1 is 1.70 bits per heavy atom. The standard InChI is InChI=1S/C6H14N2O2/c1-3-7-6(10)8-5(2)4-9/h5,9H,3-4H2,1-2H3,(H2,7,8,10). The monoisotopic (exact) mass is 146 g/mol. The van der Waals surface area contributed by atoms with Crippen LogP contribution in [0.4, 0.5) is 4.79 Å². The third-order valence-corrected chi connectivity index (χ3v) is 0.989. The highest BCUT2D eigenvalue weighted by atomic mass is 16.3. The van der Waals surface area contributed by atoms with Crippen LogP contribution < -0.4 is 10.6 Å². The Labute approximate surface area is 60.6 Å². The molecule has 0 heterocycles. The lowest BCUT2D eigenvalue weighted by atomic mass is 10.4. The summed E-state index contributed by atoms with van der Waals surface area (Å²) in [4.78, 5) is 10.7. The molecule has 10 heavy (non-hydrogen) atoms. The van der Waals surface area contributed by atoms with Crippen LogP contribution in [0.5, 0.6) is 0 Å². The summed E-state index contributed by atoms with van der Waals surface area (Å²) in [5.41, 5.74) is 0. The number of aliphatic hydroxyl groups is 1. The van der Waals surface area contributed by atoms with Gasteiger partial charge in [0.2, 0.25) is 0 Å². The maximum absolute atomic E-state index is 10.7. The fourth-order valence-corrected chi connectivity index (χ4v) is 0.481. The highest BCUT2D eigenvalue weighted by molar-refractivity contribution is 5.74. The van der Waals surface area contributed by atoms with E-state index in [2.05, 4.69) is 10.6 Å². The van der Waals surface area contributed by atoms with Crippen molar-refractivity contribution in [2.45, 2.75) is 19.9 Å². The maximum Gasteiger partial charge on any atom is 0.315 e. The molecule has 0 radical (unpaired) electrons. The smallest absolute Gasteiger partial charge is 0.315 e. The minimum Gasteiger partial charge on any atom is -0.394 e. The van der Waals surface area contributed by atoms with Gasteiger partial charge in [-0.15, -0.1) is 0 Å². The van der Waals surface area contributed by atoms with E-state index in [9.17, 15) is 4.79 Å². The Morgan fingerprint density at radius 2 is 2.30 bits per heavy atom. The third-order valence-electron chi connectivity index (χ3n) is 0.989. The molecule has 2 amide bonds. The molecule has 0 bridgehead atoms. The van der Waals surface area contributed by atoms with E-state index in [0.29, 0.717) is 6.54 Å². The normalized spacial score (nSPS) is 12.3. The van der Waals surface area contributed by atoms with Crippen molar-refractivity contribution in [3.05, 3.63) is 0 Å². The van der Waals surface area contributed by atoms with Crippen molar-refractivity contribution in [2.75, 3.05) is 13.2 Å². The summed E-state index contributed by atoms with van der Waals surface area (Å²) in [6.07, 6.45) is 0. The van der Waals surface area contributed by atoms with Gasteiger partial charge in [0.05, 0.1) is 12.6 Å². The van der Waals surface area contributed by atoms with Crippen molar-refractivity contribution in [3.8, 4) is 0 Å².